The highest BCUT2D eigenvalue weighted by atomic mass is 16.3. The van der Waals surface area contributed by atoms with E-state index in [0.717, 1.165) is 19.3 Å². The topological polar surface area (TPSA) is 43.7 Å². The molecule has 0 heterocycles. The average Bonchev–Trinajstić information content (AvgIpc) is 2.33. The first-order valence-electron chi connectivity index (χ1n) is 4.67. The van der Waals surface area contributed by atoms with Gasteiger partial charge in [-0.15, -0.1) is 0 Å². The number of aliphatic hydroxyl groups is 2. The number of rotatable bonds is 3. The van der Waals surface area contributed by atoms with Crippen LogP contribution in [0.1, 0.15) is 26.2 Å². The molecule has 0 saturated heterocycles. The summed E-state index contributed by atoms with van der Waals surface area (Å²) in [6, 6.07) is 0.264. The fourth-order valence-corrected chi connectivity index (χ4v) is 1.99. The molecular weight excluding hydrogens is 154 g/mol. The fourth-order valence-electron chi connectivity index (χ4n) is 1.99. The maximum Gasteiger partial charge on any atom is 0.0695 e. The van der Waals surface area contributed by atoms with E-state index in [4.69, 9.17) is 5.11 Å². The average molecular weight is 173 g/mol. The molecule has 1 aliphatic carbocycles. The zero-order chi connectivity index (χ0) is 9.14. The molecule has 1 fully saturated rings. The molecule has 0 aromatic heterocycles. The Morgan fingerprint density at radius 2 is 2.17 bits per heavy atom. The van der Waals surface area contributed by atoms with Gasteiger partial charge in [-0.3, -0.25) is 4.90 Å². The molecule has 1 rings (SSSR count). The minimum absolute atomic E-state index is 0.186. The van der Waals surface area contributed by atoms with Crippen LogP contribution in [0.4, 0.5) is 0 Å². The van der Waals surface area contributed by atoms with Crippen molar-refractivity contribution in [1.82, 2.24) is 4.90 Å². The van der Waals surface area contributed by atoms with Crippen LogP contribution in [0.15, 0.2) is 0 Å². The lowest BCUT2D eigenvalue weighted by Crippen LogP contribution is -2.41. The molecule has 2 N–H and O–H groups in total. The minimum atomic E-state index is -0.303. The molecule has 1 saturated carbocycles. The van der Waals surface area contributed by atoms with Crippen LogP contribution in [0.2, 0.25) is 0 Å². The van der Waals surface area contributed by atoms with Gasteiger partial charge >= 0.3 is 0 Å². The summed E-state index contributed by atoms with van der Waals surface area (Å²) in [4.78, 5) is 2.06. The normalized spacial score (nSPS) is 32.8. The van der Waals surface area contributed by atoms with Crippen LogP contribution < -0.4 is 0 Å². The third kappa shape index (κ3) is 2.44. The largest absolute Gasteiger partial charge is 0.392 e. The number of nitrogens with zero attached hydrogens (tertiary/aromatic N) is 1. The van der Waals surface area contributed by atoms with Gasteiger partial charge in [-0.1, -0.05) is 0 Å². The van der Waals surface area contributed by atoms with Gasteiger partial charge < -0.3 is 10.2 Å². The smallest absolute Gasteiger partial charge is 0.0695 e. The summed E-state index contributed by atoms with van der Waals surface area (Å²) in [5.41, 5.74) is 0. The number of hydrogen-bond acceptors (Lipinski definition) is 3. The predicted octanol–water partition coefficient (Wildman–Crippen LogP) is 0.212. The van der Waals surface area contributed by atoms with Crippen molar-refractivity contribution in [3.05, 3.63) is 0 Å². The second-order valence-corrected chi connectivity index (χ2v) is 3.85. The SMILES string of the molecule is CC(O)CN(C)[C@H]1CCC[C@@H]1O. The summed E-state index contributed by atoms with van der Waals surface area (Å²) < 4.78 is 0. The lowest BCUT2D eigenvalue weighted by Gasteiger charge is -2.27. The molecule has 0 radical (unpaired) electrons. The van der Waals surface area contributed by atoms with Gasteiger partial charge in [-0.25, -0.2) is 0 Å². The Morgan fingerprint density at radius 3 is 2.58 bits per heavy atom. The second kappa shape index (κ2) is 4.21. The van der Waals surface area contributed by atoms with E-state index in [2.05, 4.69) is 4.90 Å². The highest BCUT2D eigenvalue weighted by Gasteiger charge is 2.28. The van der Waals surface area contributed by atoms with Crippen molar-refractivity contribution < 1.29 is 10.2 Å². The van der Waals surface area contributed by atoms with Crippen LogP contribution in [-0.2, 0) is 0 Å². The van der Waals surface area contributed by atoms with E-state index in [1.165, 1.54) is 0 Å². The van der Waals surface area contributed by atoms with Crippen molar-refractivity contribution in [2.45, 2.75) is 44.4 Å². The molecule has 0 bridgehead atoms. The summed E-state index contributed by atoms with van der Waals surface area (Å²) in [6.45, 7) is 2.43. The monoisotopic (exact) mass is 173 g/mol. The van der Waals surface area contributed by atoms with Crippen LogP contribution in [0.25, 0.3) is 0 Å². The van der Waals surface area contributed by atoms with E-state index in [-0.39, 0.29) is 18.2 Å². The summed E-state index contributed by atoms with van der Waals surface area (Å²) in [6.07, 6.45) is 2.59. The van der Waals surface area contributed by atoms with Crippen LogP contribution >= 0.6 is 0 Å². The van der Waals surface area contributed by atoms with E-state index in [1.807, 2.05) is 7.05 Å². The maximum atomic E-state index is 9.55. The van der Waals surface area contributed by atoms with Crippen molar-refractivity contribution in [2.24, 2.45) is 0 Å². The zero-order valence-electron chi connectivity index (χ0n) is 7.90. The highest BCUT2D eigenvalue weighted by Crippen LogP contribution is 2.23. The number of hydrogen-bond donors (Lipinski definition) is 2. The van der Waals surface area contributed by atoms with Gasteiger partial charge in [0.1, 0.15) is 0 Å². The van der Waals surface area contributed by atoms with Gasteiger partial charge in [0.25, 0.3) is 0 Å². The van der Waals surface area contributed by atoms with Gasteiger partial charge in [0.05, 0.1) is 12.2 Å². The number of aliphatic hydroxyl groups excluding tert-OH is 2. The molecule has 0 aliphatic heterocycles. The predicted molar refractivity (Wildman–Crippen MR) is 48.0 cm³/mol. The molecule has 0 amide bonds. The molecular formula is C9H19NO2. The molecule has 1 unspecified atom stereocenters. The van der Waals surface area contributed by atoms with Crippen LogP contribution in [-0.4, -0.2) is 47.0 Å². The van der Waals surface area contributed by atoms with Gasteiger partial charge in [-0.2, -0.15) is 0 Å². The molecule has 0 aromatic rings. The van der Waals surface area contributed by atoms with Crippen molar-refractivity contribution in [2.75, 3.05) is 13.6 Å². The van der Waals surface area contributed by atoms with E-state index < -0.39 is 0 Å². The van der Waals surface area contributed by atoms with Gasteiger partial charge in [0.15, 0.2) is 0 Å². The third-order valence-corrected chi connectivity index (χ3v) is 2.56. The zero-order valence-corrected chi connectivity index (χ0v) is 7.90. The Bertz CT molecular complexity index is 138. The Labute approximate surface area is 74.0 Å². The van der Waals surface area contributed by atoms with Gasteiger partial charge in [0.2, 0.25) is 0 Å². The summed E-state index contributed by atoms with van der Waals surface area (Å²) >= 11 is 0. The second-order valence-electron chi connectivity index (χ2n) is 3.85. The van der Waals surface area contributed by atoms with E-state index in [0.29, 0.717) is 6.54 Å². The Balaban J connectivity index is 2.35. The molecule has 72 valence electrons. The van der Waals surface area contributed by atoms with Gasteiger partial charge in [-0.05, 0) is 33.2 Å². The fraction of sp³-hybridized carbons (Fsp3) is 1.00. The van der Waals surface area contributed by atoms with E-state index in [9.17, 15) is 5.11 Å². The standard InChI is InChI=1S/C9H19NO2/c1-7(11)6-10(2)8-4-3-5-9(8)12/h7-9,11-12H,3-6H2,1-2H3/t7?,8-,9-/m0/s1. The van der Waals surface area contributed by atoms with Crippen molar-refractivity contribution in [3.63, 3.8) is 0 Å². The quantitative estimate of drug-likeness (QED) is 0.641. The van der Waals surface area contributed by atoms with E-state index >= 15 is 0 Å². The van der Waals surface area contributed by atoms with Gasteiger partial charge in [0, 0.05) is 12.6 Å². The Hall–Kier alpha value is -0.120. The molecule has 3 atom stereocenters. The lowest BCUT2D eigenvalue weighted by atomic mass is 10.2. The summed E-state index contributed by atoms with van der Waals surface area (Å²) in [5.74, 6) is 0. The summed E-state index contributed by atoms with van der Waals surface area (Å²) in [7, 11) is 1.96. The first kappa shape index (κ1) is 9.96. The Morgan fingerprint density at radius 1 is 1.50 bits per heavy atom. The third-order valence-electron chi connectivity index (χ3n) is 2.56. The van der Waals surface area contributed by atoms with Crippen molar-refractivity contribution in [1.29, 1.82) is 0 Å². The molecule has 12 heavy (non-hydrogen) atoms. The van der Waals surface area contributed by atoms with Crippen molar-refractivity contribution >= 4 is 0 Å². The first-order valence-corrected chi connectivity index (χ1v) is 4.67. The maximum absolute atomic E-state index is 9.55. The minimum Gasteiger partial charge on any atom is -0.392 e. The Kier molecular flexibility index (Phi) is 3.50. The lowest BCUT2D eigenvalue weighted by molar-refractivity contribution is 0.0565. The van der Waals surface area contributed by atoms with Crippen LogP contribution in [0.5, 0.6) is 0 Å². The molecule has 3 nitrogen and oxygen atoms in total. The van der Waals surface area contributed by atoms with Crippen molar-refractivity contribution in [3.8, 4) is 0 Å². The molecule has 0 aromatic carbocycles. The first-order chi connectivity index (χ1) is 5.61. The molecule has 1 aliphatic rings. The highest BCUT2D eigenvalue weighted by molar-refractivity contribution is 4.84. The molecule has 0 spiro atoms. The van der Waals surface area contributed by atoms with E-state index in [1.54, 1.807) is 6.92 Å². The van der Waals surface area contributed by atoms with Crippen LogP contribution in [0.3, 0.4) is 0 Å². The summed E-state index contributed by atoms with van der Waals surface area (Å²) in [5, 5.41) is 18.7. The van der Waals surface area contributed by atoms with Crippen LogP contribution in [0, 0.1) is 0 Å². The number of likely N-dealkylation sites (N-methyl/N-ethyl adjacent to an activating group) is 1. The molecule has 3 heteroatoms.